The van der Waals surface area contributed by atoms with Gasteiger partial charge in [-0.2, -0.15) is 4.98 Å². The fourth-order valence-electron chi connectivity index (χ4n) is 4.75. The molecule has 212 valence electrons. The summed E-state index contributed by atoms with van der Waals surface area (Å²) >= 11 is 1.55. The molecule has 41 heavy (non-hydrogen) atoms. The third-order valence-electron chi connectivity index (χ3n) is 6.68. The van der Waals surface area contributed by atoms with E-state index in [0.29, 0.717) is 51.9 Å². The van der Waals surface area contributed by atoms with E-state index in [-0.39, 0.29) is 5.91 Å². The molecule has 0 bridgehead atoms. The second-order valence-electron chi connectivity index (χ2n) is 9.53. The minimum Gasteiger partial charge on any atom is -0.497 e. The first-order valence-electron chi connectivity index (χ1n) is 13.3. The molecule has 1 amide bonds. The molecule has 0 unspecified atom stereocenters. The molecule has 4 aromatic rings. The molecule has 1 aromatic heterocycles. The van der Waals surface area contributed by atoms with Crippen LogP contribution in [0.4, 0.5) is 11.6 Å². The van der Waals surface area contributed by atoms with Crippen LogP contribution < -0.4 is 24.8 Å². The Morgan fingerprint density at radius 1 is 1.02 bits per heavy atom. The van der Waals surface area contributed by atoms with E-state index in [2.05, 4.69) is 41.8 Å². The molecule has 5 rings (SSSR count). The monoisotopic (exact) mass is 571 g/mol. The number of fused-ring (bicyclic) bond motifs is 1. The molecule has 1 aliphatic rings. The Morgan fingerprint density at radius 3 is 2.54 bits per heavy atom. The molecular formula is C31H33N5O4S. The normalized spacial score (nSPS) is 14.2. The SMILES string of the molecule is CCOc1ccc([C@H]2C(C(=O)Nc3ccc(OC)cc3)=C(C)Nc3nc(SCc4cccc(C)c4)nn32)cc1OC. The fourth-order valence-corrected chi connectivity index (χ4v) is 5.52. The second-order valence-corrected chi connectivity index (χ2v) is 10.5. The minimum absolute atomic E-state index is 0.256. The zero-order valence-electron chi connectivity index (χ0n) is 23.7. The summed E-state index contributed by atoms with van der Waals surface area (Å²) in [6.07, 6.45) is 0. The van der Waals surface area contributed by atoms with Crippen molar-refractivity contribution in [3.05, 3.63) is 94.7 Å². The van der Waals surface area contributed by atoms with Gasteiger partial charge in [0.2, 0.25) is 11.1 Å². The largest absolute Gasteiger partial charge is 0.497 e. The zero-order valence-corrected chi connectivity index (χ0v) is 24.5. The van der Waals surface area contributed by atoms with Crippen LogP contribution in [0.3, 0.4) is 0 Å². The number of anilines is 2. The molecular weight excluding hydrogens is 538 g/mol. The first-order chi connectivity index (χ1) is 19.9. The van der Waals surface area contributed by atoms with Gasteiger partial charge in [-0.3, -0.25) is 4.79 Å². The fraction of sp³-hybridized carbons (Fsp3) is 0.258. The Morgan fingerprint density at radius 2 is 1.83 bits per heavy atom. The quantitative estimate of drug-likeness (QED) is 0.216. The Bertz CT molecular complexity index is 1580. The van der Waals surface area contributed by atoms with Crippen molar-refractivity contribution in [3.8, 4) is 17.2 Å². The summed E-state index contributed by atoms with van der Waals surface area (Å²) in [5.41, 5.74) is 5.06. The van der Waals surface area contributed by atoms with Crippen molar-refractivity contribution in [2.45, 2.75) is 37.7 Å². The average Bonchev–Trinajstić information content (AvgIpc) is 3.38. The van der Waals surface area contributed by atoms with Crippen molar-refractivity contribution in [1.82, 2.24) is 14.8 Å². The summed E-state index contributed by atoms with van der Waals surface area (Å²) in [6.45, 7) is 6.38. The lowest BCUT2D eigenvalue weighted by atomic mass is 9.94. The van der Waals surface area contributed by atoms with E-state index < -0.39 is 6.04 Å². The summed E-state index contributed by atoms with van der Waals surface area (Å²) in [5, 5.41) is 11.8. The van der Waals surface area contributed by atoms with Crippen LogP contribution in [-0.4, -0.2) is 41.5 Å². The van der Waals surface area contributed by atoms with Crippen LogP contribution in [0.2, 0.25) is 0 Å². The Kier molecular flexibility index (Phi) is 8.49. The Balaban J connectivity index is 1.51. The molecule has 9 nitrogen and oxygen atoms in total. The average molecular weight is 572 g/mol. The van der Waals surface area contributed by atoms with Gasteiger partial charge >= 0.3 is 0 Å². The maximum atomic E-state index is 13.8. The van der Waals surface area contributed by atoms with Gasteiger partial charge in [0.15, 0.2) is 11.5 Å². The van der Waals surface area contributed by atoms with Gasteiger partial charge in [-0.05, 0) is 68.3 Å². The van der Waals surface area contributed by atoms with Gasteiger partial charge in [0.25, 0.3) is 5.91 Å². The second kappa shape index (κ2) is 12.4. The van der Waals surface area contributed by atoms with Crippen LogP contribution in [0.25, 0.3) is 0 Å². The molecule has 0 saturated carbocycles. The van der Waals surface area contributed by atoms with Crippen LogP contribution in [-0.2, 0) is 10.5 Å². The Labute approximate surface area is 243 Å². The molecule has 0 radical (unpaired) electrons. The number of hydrogen-bond acceptors (Lipinski definition) is 8. The number of ether oxygens (including phenoxy) is 3. The molecule has 10 heteroatoms. The molecule has 0 spiro atoms. The molecule has 0 fully saturated rings. The standard InChI is InChI=1S/C31H33N5O4S/c1-6-40-25-15-10-22(17-26(25)39-5)28-27(29(37)33-23-11-13-24(38-4)14-12-23)20(3)32-30-34-31(35-36(28)30)41-18-21-9-7-8-19(2)16-21/h7-17,28H,6,18H2,1-5H3,(H,33,37)(H,32,34,35)/t28-/m0/s1. The number of nitrogens with one attached hydrogen (secondary N) is 2. The highest BCUT2D eigenvalue weighted by atomic mass is 32.2. The van der Waals surface area contributed by atoms with Crippen molar-refractivity contribution in [3.63, 3.8) is 0 Å². The molecule has 2 N–H and O–H groups in total. The maximum absolute atomic E-state index is 13.8. The van der Waals surface area contributed by atoms with E-state index in [9.17, 15) is 4.79 Å². The van der Waals surface area contributed by atoms with Crippen molar-refractivity contribution >= 4 is 29.3 Å². The van der Waals surface area contributed by atoms with Gasteiger partial charge in [-0.15, -0.1) is 5.10 Å². The number of carbonyl (C=O) groups excluding carboxylic acids is 1. The molecule has 0 aliphatic carbocycles. The third-order valence-corrected chi connectivity index (χ3v) is 7.59. The van der Waals surface area contributed by atoms with E-state index in [0.717, 1.165) is 11.3 Å². The summed E-state index contributed by atoms with van der Waals surface area (Å²) < 4.78 is 18.4. The van der Waals surface area contributed by atoms with Gasteiger partial charge in [0.05, 0.1) is 26.4 Å². The maximum Gasteiger partial charge on any atom is 0.255 e. The predicted octanol–water partition coefficient (Wildman–Crippen LogP) is 6.22. The third kappa shape index (κ3) is 6.17. The molecule has 0 saturated heterocycles. The molecule has 3 aromatic carbocycles. The summed E-state index contributed by atoms with van der Waals surface area (Å²) in [7, 11) is 3.21. The highest BCUT2D eigenvalue weighted by Gasteiger charge is 2.35. The smallest absolute Gasteiger partial charge is 0.255 e. The topological polar surface area (TPSA) is 99.5 Å². The molecule has 1 aliphatic heterocycles. The number of aromatic nitrogens is 3. The number of thioether (sulfide) groups is 1. The lowest BCUT2D eigenvalue weighted by molar-refractivity contribution is -0.113. The van der Waals surface area contributed by atoms with Crippen LogP contribution in [0.1, 0.15) is 36.6 Å². The first-order valence-corrected chi connectivity index (χ1v) is 14.3. The highest BCUT2D eigenvalue weighted by Crippen LogP contribution is 2.40. The number of hydrogen-bond donors (Lipinski definition) is 2. The van der Waals surface area contributed by atoms with Crippen LogP contribution in [0, 0.1) is 6.92 Å². The number of methoxy groups -OCH3 is 2. The number of nitrogens with zero attached hydrogens (tertiary/aromatic N) is 3. The van der Waals surface area contributed by atoms with E-state index in [4.69, 9.17) is 24.3 Å². The minimum atomic E-state index is -0.560. The van der Waals surface area contributed by atoms with Crippen LogP contribution in [0.15, 0.2) is 83.2 Å². The number of rotatable bonds is 10. The van der Waals surface area contributed by atoms with E-state index in [1.165, 1.54) is 11.1 Å². The van der Waals surface area contributed by atoms with Gasteiger partial charge in [-0.25, -0.2) is 4.68 Å². The number of benzene rings is 3. The lowest BCUT2D eigenvalue weighted by Crippen LogP contribution is -2.31. The zero-order chi connectivity index (χ0) is 28.9. The highest BCUT2D eigenvalue weighted by molar-refractivity contribution is 7.98. The van der Waals surface area contributed by atoms with Gasteiger partial charge < -0.3 is 24.8 Å². The van der Waals surface area contributed by atoms with Gasteiger partial charge in [0.1, 0.15) is 11.8 Å². The summed E-state index contributed by atoms with van der Waals surface area (Å²) in [4.78, 5) is 18.6. The molecule has 2 heterocycles. The number of amides is 1. The Hall–Kier alpha value is -4.44. The number of carbonyl (C=O) groups is 1. The van der Waals surface area contributed by atoms with Crippen molar-refractivity contribution in [1.29, 1.82) is 0 Å². The van der Waals surface area contributed by atoms with Crippen molar-refractivity contribution < 1.29 is 19.0 Å². The van der Waals surface area contributed by atoms with Crippen LogP contribution >= 0.6 is 11.8 Å². The van der Waals surface area contributed by atoms with E-state index >= 15 is 0 Å². The van der Waals surface area contributed by atoms with Crippen LogP contribution in [0.5, 0.6) is 17.2 Å². The first kappa shape index (κ1) is 28.1. The summed E-state index contributed by atoms with van der Waals surface area (Å²) in [6, 6.07) is 20.7. The van der Waals surface area contributed by atoms with Gasteiger partial charge in [0, 0.05) is 17.1 Å². The van der Waals surface area contributed by atoms with Gasteiger partial charge in [-0.1, -0.05) is 47.7 Å². The summed E-state index contributed by atoms with van der Waals surface area (Å²) in [5.74, 6) is 2.95. The van der Waals surface area contributed by atoms with Crippen molar-refractivity contribution in [2.24, 2.45) is 0 Å². The number of aryl methyl sites for hydroxylation is 1. The predicted molar refractivity (Wildman–Crippen MR) is 161 cm³/mol. The lowest BCUT2D eigenvalue weighted by Gasteiger charge is -2.29. The van der Waals surface area contributed by atoms with E-state index in [1.54, 1.807) is 54.9 Å². The number of allylic oxidation sites excluding steroid dienone is 1. The van der Waals surface area contributed by atoms with E-state index in [1.807, 2.05) is 32.0 Å². The molecule has 1 atom stereocenters. The van der Waals surface area contributed by atoms with Crippen molar-refractivity contribution in [2.75, 3.05) is 31.5 Å².